The van der Waals surface area contributed by atoms with Gasteiger partial charge in [-0.05, 0) is 156 Å². The van der Waals surface area contributed by atoms with Gasteiger partial charge in [0.05, 0.1) is 78.2 Å². The maximum absolute atomic E-state index is 10.1. The van der Waals surface area contributed by atoms with Gasteiger partial charge in [0.15, 0.2) is 0 Å². The first kappa shape index (κ1) is 52.8. The van der Waals surface area contributed by atoms with Gasteiger partial charge in [-0.25, -0.2) is 0 Å². The molecule has 0 saturated carbocycles. The highest BCUT2D eigenvalue weighted by molar-refractivity contribution is 6.25. The summed E-state index contributed by atoms with van der Waals surface area (Å²) < 4.78 is 22.3. The van der Waals surface area contributed by atoms with E-state index in [1.165, 1.54) is 10.8 Å². The van der Waals surface area contributed by atoms with Gasteiger partial charge in [-0.15, -0.1) is 0 Å². The van der Waals surface area contributed by atoms with Crippen molar-refractivity contribution in [2.24, 2.45) is 0 Å². The minimum Gasteiger partial charge on any atom is -0.455 e. The lowest BCUT2D eigenvalue weighted by atomic mass is 9.99. The molecule has 0 N–H and O–H groups in total. The average Bonchev–Trinajstić information content (AvgIpc) is 1.61. The molecule has 20 aromatic rings. The number of benzene rings is 14. The molecule has 0 spiro atoms. The molecular weight excluding hydrogens is 1150 g/mol. The molecule has 0 unspecified atom stereocenters. The third-order valence-electron chi connectivity index (χ3n) is 19.0. The normalized spacial score (nSPS) is 11.8. The van der Waals surface area contributed by atoms with E-state index in [0.29, 0.717) is 11.1 Å². The number of furan rings is 2. The Morgan fingerprint density at radius 1 is 0.223 bits per heavy atom. The quantitative estimate of drug-likeness (QED) is 0.166. The predicted molar refractivity (Wildman–Crippen MR) is 385 cm³/mol. The van der Waals surface area contributed by atoms with Crippen molar-refractivity contribution >= 4 is 131 Å². The summed E-state index contributed by atoms with van der Waals surface area (Å²) in [6, 6.07) is 111. The second kappa shape index (κ2) is 20.7. The fourth-order valence-electron chi connectivity index (χ4n) is 15.0. The third-order valence-corrected chi connectivity index (χ3v) is 19.0. The number of aromatic nitrogens is 4. The molecule has 0 aliphatic carbocycles. The summed E-state index contributed by atoms with van der Waals surface area (Å²) in [7, 11) is 0. The molecule has 20 rings (SSSR count). The Hall–Kier alpha value is -13.1. The van der Waals surface area contributed by atoms with Crippen molar-refractivity contribution in [2.45, 2.75) is 0 Å². The molecule has 0 amide bonds. The molecule has 0 fully saturated rings. The van der Waals surface area contributed by atoms with Crippen LogP contribution in [0.3, 0.4) is 0 Å². The molecule has 0 aliphatic heterocycles. The second-order valence-electron chi connectivity index (χ2n) is 24.2. The maximum atomic E-state index is 10.1. The van der Waals surface area contributed by atoms with Gasteiger partial charge in [-0.2, -0.15) is 10.5 Å². The Labute approximate surface area is 537 Å². The average molecular weight is 1200 g/mol. The third kappa shape index (κ3) is 7.97. The van der Waals surface area contributed by atoms with E-state index >= 15 is 0 Å². The van der Waals surface area contributed by atoms with E-state index in [4.69, 9.17) is 8.83 Å². The molecule has 0 radical (unpaired) electrons. The largest absolute Gasteiger partial charge is 0.455 e. The van der Waals surface area contributed by atoms with Gasteiger partial charge in [-0.3, -0.25) is 0 Å². The molecule has 8 nitrogen and oxygen atoms in total. The Balaban J connectivity index is 0.000000137. The lowest BCUT2D eigenvalue weighted by molar-refractivity contribution is 0.672. The molecular formula is C86H50N6O2. The summed E-state index contributed by atoms with van der Waals surface area (Å²) >= 11 is 0. The van der Waals surface area contributed by atoms with E-state index in [0.717, 1.165) is 165 Å². The van der Waals surface area contributed by atoms with Crippen LogP contribution in [0.15, 0.2) is 312 Å². The molecule has 8 heteroatoms. The van der Waals surface area contributed by atoms with Crippen LogP contribution >= 0.6 is 0 Å². The van der Waals surface area contributed by atoms with Crippen molar-refractivity contribution in [3.05, 3.63) is 314 Å². The Kier molecular flexibility index (Phi) is 11.6. The molecule has 0 aliphatic rings. The Bertz CT molecular complexity index is 6150. The first-order chi connectivity index (χ1) is 46.5. The summed E-state index contributed by atoms with van der Waals surface area (Å²) in [4.78, 5) is 0. The van der Waals surface area contributed by atoms with Gasteiger partial charge < -0.3 is 27.1 Å². The zero-order valence-corrected chi connectivity index (χ0v) is 50.4. The monoisotopic (exact) mass is 1200 g/mol. The number of hydrogen-bond donors (Lipinski definition) is 0. The van der Waals surface area contributed by atoms with Crippen LogP contribution in [0.1, 0.15) is 11.1 Å². The van der Waals surface area contributed by atoms with Gasteiger partial charge in [-0.1, -0.05) is 170 Å². The lowest BCUT2D eigenvalue weighted by Crippen LogP contribution is -1.98. The van der Waals surface area contributed by atoms with Crippen LogP contribution in [0.25, 0.3) is 176 Å². The Morgan fingerprint density at radius 2 is 0.532 bits per heavy atom. The molecule has 14 aromatic carbocycles. The number of para-hydroxylation sites is 8. The zero-order chi connectivity index (χ0) is 62.1. The van der Waals surface area contributed by atoms with Crippen molar-refractivity contribution < 1.29 is 8.83 Å². The van der Waals surface area contributed by atoms with Crippen LogP contribution in [-0.4, -0.2) is 18.3 Å². The number of hydrogen-bond acceptors (Lipinski definition) is 4. The summed E-state index contributed by atoms with van der Waals surface area (Å²) in [6.45, 7) is 0. The standard InChI is InChI=1S/C48H28N2O2.C38H22N4/c1-5-19-39-37(17-1)45-41(25-23-35-33-15-3-7-21-43(33)51-47(35)45)49(39)31-13-9-11-29(27-31)30-12-10-14-32(28-30)50-40-20-6-2-18-38(40)46-42(50)26-24-36-34-16-4-8-22-44(34)52-48(36)46;39-23-25-17-27(21-29(19-25)41-35-13-5-1-9-31(35)32-10-2-6-14-36(32)41)28-18-26(24-40)20-30(22-28)42-37-15-7-3-11-33(37)34-12-4-8-16-38(34)42/h1-28H;1-22H. The second-order valence-corrected chi connectivity index (χ2v) is 24.2. The van der Waals surface area contributed by atoms with E-state index in [-0.39, 0.29) is 0 Å². The molecule has 436 valence electrons. The molecule has 0 saturated heterocycles. The predicted octanol–water partition coefficient (Wildman–Crippen LogP) is 22.6. The maximum Gasteiger partial charge on any atom is 0.145 e. The lowest BCUT2D eigenvalue weighted by Gasteiger charge is -2.14. The van der Waals surface area contributed by atoms with Gasteiger partial charge in [0.2, 0.25) is 0 Å². The SMILES string of the molecule is N#Cc1cc(-c2cc(C#N)cc(-n3c4ccccc4c4ccccc43)c2)cc(-n2c3ccccc3c3ccccc32)c1.c1cc(-c2cccc(-n3c4ccccc4c4c5oc6ccccc6c5ccc43)c2)cc(-n2c3ccccc3c3c4oc5ccccc5c4ccc32)c1. The Morgan fingerprint density at radius 3 is 0.904 bits per heavy atom. The molecule has 0 bridgehead atoms. The highest BCUT2D eigenvalue weighted by Gasteiger charge is 2.23. The van der Waals surface area contributed by atoms with Crippen LogP contribution in [-0.2, 0) is 0 Å². The van der Waals surface area contributed by atoms with Gasteiger partial charge in [0.1, 0.15) is 22.3 Å². The summed E-state index contributed by atoms with van der Waals surface area (Å²) in [5, 5.41) is 34.0. The minimum atomic E-state index is 0.560. The number of nitriles is 2. The number of nitrogens with zero attached hydrogens (tertiary/aromatic N) is 6. The zero-order valence-electron chi connectivity index (χ0n) is 50.4. The molecule has 6 heterocycles. The number of fused-ring (bicyclic) bond motifs is 20. The van der Waals surface area contributed by atoms with Crippen LogP contribution in [0.2, 0.25) is 0 Å². The fraction of sp³-hybridized carbons (Fsp3) is 0. The van der Waals surface area contributed by atoms with E-state index in [1.807, 2.05) is 60.7 Å². The first-order valence-corrected chi connectivity index (χ1v) is 31.5. The minimum absolute atomic E-state index is 0.560. The molecule has 6 aromatic heterocycles. The van der Waals surface area contributed by atoms with Gasteiger partial charge >= 0.3 is 0 Å². The highest BCUT2D eigenvalue weighted by Crippen LogP contribution is 2.44. The van der Waals surface area contributed by atoms with Crippen molar-refractivity contribution in [2.75, 3.05) is 0 Å². The summed E-state index contributed by atoms with van der Waals surface area (Å²) in [5.41, 5.74) is 21.8. The van der Waals surface area contributed by atoms with Gasteiger partial charge in [0.25, 0.3) is 0 Å². The van der Waals surface area contributed by atoms with Gasteiger partial charge in [0, 0.05) is 76.6 Å². The summed E-state index contributed by atoms with van der Waals surface area (Å²) in [6.07, 6.45) is 0. The topological polar surface area (TPSA) is 93.6 Å². The van der Waals surface area contributed by atoms with Crippen molar-refractivity contribution in [1.82, 2.24) is 18.3 Å². The van der Waals surface area contributed by atoms with Crippen molar-refractivity contribution in [3.63, 3.8) is 0 Å². The smallest absolute Gasteiger partial charge is 0.145 e. The van der Waals surface area contributed by atoms with E-state index in [9.17, 15) is 10.5 Å². The van der Waals surface area contributed by atoms with Crippen LogP contribution in [0.4, 0.5) is 0 Å². The van der Waals surface area contributed by atoms with Crippen LogP contribution < -0.4 is 0 Å². The van der Waals surface area contributed by atoms with Crippen LogP contribution in [0.5, 0.6) is 0 Å². The number of rotatable bonds is 6. The highest BCUT2D eigenvalue weighted by atomic mass is 16.3. The molecule has 0 atom stereocenters. The summed E-state index contributed by atoms with van der Waals surface area (Å²) in [5.74, 6) is 0. The van der Waals surface area contributed by atoms with Crippen molar-refractivity contribution in [3.8, 4) is 57.1 Å². The van der Waals surface area contributed by atoms with Crippen molar-refractivity contribution in [1.29, 1.82) is 10.5 Å². The fourth-order valence-corrected chi connectivity index (χ4v) is 15.0. The molecule has 94 heavy (non-hydrogen) atoms. The van der Waals surface area contributed by atoms with E-state index in [1.54, 1.807) is 0 Å². The first-order valence-electron chi connectivity index (χ1n) is 31.5. The van der Waals surface area contributed by atoms with E-state index in [2.05, 4.69) is 273 Å². The van der Waals surface area contributed by atoms with Crippen LogP contribution in [0, 0.1) is 22.7 Å². The van der Waals surface area contributed by atoms with E-state index < -0.39 is 0 Å².